The molecule has 2 aromatic rings. The predicted octanol–water partition coefficient (Wildman–Crippen LogP) is 1.10. The van der Waals surface area contributed by atoms with Gasteiger partial charge < -0.3 is 16.0 Å². The zero-order valence-corrected chi connectivity index (χ0v) is 11.7. The zero-order chi connectivity index (χ0) is 13.1. The van der Waals surface area contributed by atoms with Crippen LogP contribution in [0.3, 0.4) is 0 Å². The highest BCUT2D eigenvalue weighted by Crippen LogP contribution is 2.29. The van der Waals surface area contributed by atoms with E-state index in [9.17, 15) is 4.79 Å². The maximum atomic E-state index is 11.3. The normalized spacial score (nSPS) is 10.3. The van der Waals surface area contributed by atoms with Gasteiger partial charge in [-0.1, -0.05) is 0 Å². The Bertz CT molecular complexity index is 631. The molecule has 2 aromatic heterocycles. The van der Waals surface area contributed by atoms with Crippen LogP contribution in [-0.4, -0.2) is 27.0 Å². The van der Waals surface area contributed by atoms with Crippen molar-refractivity contribution >= 4 is 39.5 Å². The minimum Gasteiger partial charge on any atom is -0.383 e. The number of halogens is 1. The second kappa shape index (κ2) is 5.36. The summed E-state index contributed by atoms with van der Waals surface area (Å²) in [5.41, 5.74) is 5.20. The third kappa shape index (κ3) is 2.99. The van der Waals surface area contributed by atoms with Crippen molar-refractivity contribution < 1.29 is 0 Å². The first-order chi connectivity index (χ1) is 8.58. The summed E-state index contributed by atoms with van der Waals surface area (Å²) in [6.07, 6.45) is 1.62. The third-order valence-electron chi connectivity index (χ3n) is 1.87. The molecule has 0 unspecified atom stereocenters. The highest BCUT2D eigenvalue weighted by molar-refractivity contribution is 9.10. The first-order valence-corrected chi connectivity index (χ1v) is 6.44. The number of nitrogens with zero attached hydrogens (tertiary/aromatic N) is 3. The van der Waals surface area contributed by atoms with Crippen molar-refractivity contribution in [3.8, 4) is 0 Å². The van der Waals surface area contributed by atoms with Crippen LogP contribution in [0.1, 0.15) is 0 Å². The Morgan fingerprint density at radius 2 is 2.28 bits per heavy atom. The SMILES string of the molecule is CNc1ncc(Br)c(Sc2nc(N)cc(=O)[nH]2)n1. The predicted molar refractivity (Wildman–Crippen MR) is 72.7 cm³/mol. The minimum atomic E-state index is -0.302. The number of anilines is 2. The number of hydrogen-bond donors (Lipinski definition) is 3. The molecule has 0 aromatic carbocycles. The van der Waals surface area contributed by atoms with E-state index in [2.05, 4.69) is 41.2 Å². The standard InChI is InChI=1S/C9H9BrN6OS/c1-12-8-13-3-4(10)7(16-8)18-9-14-5(11)2-6(17)15-9/h2-3H,1H3,(H,12,13,16)(H3,11,14,15,17). The van der Waals surface area contributed by atoms with Gasteiger partial charge in [0.2, 0.25) is 5.95 Å². The molecule has 0 amide bonds. The van der Waals surface area contributed by atoms with Crippen molar-refractivity contribution in [3.05, 3.63) is 27.1 Å². The highest BCUT2D eigenvalue weighted by atomic mass is 79.9. The second-order valence-electron chi connectivity index (χ2n) is 3.17. The van der Waals surface area contributed by atoms with Crippen molar-refractivity contribution in [2.24, 2.45) is 0 Å². The number of H-pyrrole nitrogens is 1. The average molecular weight is 329 g/mol. The molecular formula is C9H9BrN6OS. The van der Waals surface area contributed by atoms with Crippen molar-refractivity contribution in [2.45, 2.75) is 10.2 Å². The van der Waals surface area contributed by atoms with E-state index in [1.54, 1.807) is 13.2 Å². The van der Waals surface area contributed by atoms with Crippen molar-refractivity contribution in [2.75, 3.05) is 18.1 Å². The molecule has 4 N–H and O–H groups in total. The molecule has 0 radical (unpaired) electrons. The zero-order valence-electron chi connectivity index (χ0n) is 9.27. The first kappa shape index (κ1) is 12.8. The summed E-state index contributed by atoms with van der Waals surface area (Å²) in [6.45, 7) is 0. The Balaban J connectivity index is 2.36. The van der Waals surface area contributed by atoms with Gasteiger partial charge in [0.05, 0.1) is 4.47 Å². The second-order valence-corrected chi connectivity index (χ2v) is 5.01. The quantitative estimate of drug-likeness (QED) is 0.571. The molecule has 7 nitrogen and oxygen atoms in total. The number of nitrogens with two attached hydrogens (primary N) is 1. The summed E-state index contributed by atoms with van der Waals surface area (Å²) in [5.74, 6) is 0.646. The summed E-state index contributed by atoms with van der Waals surface area (Å²) in [5, 5.41) is 3.83. The first-order valence-electron chi connectivity index (χ1n) is 4.83. The fraction of sp³-hybridized carbons (Fsp3) is 0.111. The number of nitrogen functional groups attached to an aromatic ring is 1. The molecule has 0 aliphatic heterocycles. The molecule has 18 heavy (non-hydrogen) atoms. The smallest absolute Gasteiger partial charge is 0.253 e. The van der Waals surface area contributed by atoms with E-state index in [-0.39, 0.29) is 11.4 Å². The molecule has 0 fully saturated rings. The van der Waals surface area contributed by atoms with E-state index in [0.29, 0.717) is 20.6 Å². The van der Waals surface area contributed by atoms with Crippen LogP contribution in [-0.2, 0) is 0 Å². The number of aromatic nitrogens is 4. The van der Waals surface area contributed by atoms with Gasteiger partial charge in [-0.2, -0.15) is 0 Å². The van der Waals surface area contributed by atoms with Crippen LogP contribution < -0.4 is 16.6 Å². The summed E-state index contributed by atoms with van der Waals surface area (Å²) in [4.78, 5) is 26.1. The molecular weight excluding hydrogens is 320 g/mol. The Morgan fingerprint density at radius 1 is 1.50 bits per heavy atom. The Kier molecular flexibility index (Phi) is 3.82. The molecule has 0 aliphatic rings. The number of nitrogens with one attached hydrogen (secondary N) is 2. The van der Waals surface area contributed by atoms with Gasteiger partial charge in [-0.15, -0.1) is 0 Å². The third-order valence-corrected chi connectivity index (χ3v) is 3.60. The van der Waals surface area contributed by atoms with Crippen LogP contribution in [0.5, 0.6) is 0 Å². The van der Waals surface area contributed by atoms with Crippen molar-refractivity contribution in [1.29, 1.82) is 0 Å². The number of aromatic amines is 1. The van der Waals surface area contributed by atoms with E-state index in [1.807, 2.05) is 0 Å². The van der Waals surface area contributed by atoms with Gasteiger partial charge in [-0.05, 0) is 27.7 Å². The van der Waals surface area contributed by atoms with Crippen molar-refractivity contribution in [3.63, 3.8) is 0 Å². The highest BCUT2D eigenvalue weighted by Gasteiger charge is 2.09. The van der Waals surface area contributed by atoms with Gasteiger partial charge >= 0.3 is 0 Å². The largest absolute Gasteiger partial charge is 0.383 e. The molecule has 0 saturated carbocycles. The maximum Gasteiger partial charge on any atom is 0.253 e. The molecule has 0 spiro atoms. The molecule has 9 heteroatoms. The topological polar surface area (TPSA) is 110 Å². The van der Waals surface area contributed by atoms with Crippen LogP contribution in [0.15, 0.2) is 31.7 Å². The van der Waals surface area contributed by atoms with E-state index < -0.39 is 0 Å². The lowest BCUT2D eigenvalue weighted by atomic mass is 10.6. The van der Waals surface area contributed by atoms with Gasteiger partial charge in [0.15, 0.2) is 5.16 Å². The van der Waals surface area contributed by atoms with Gasteiger partial charge in [0, 0.05) is 19.3 Å². The minimum absolute atomic E-state index is 0.167. The summed E-state index contributed by atoms with van der Waals surface area (Å²) in [6, 6.07) is 1.22. The Hall–Kier alpha value is -1.61. The maximum absolute atomic E-state index is 11.3. The molecule has 0 saturated heterocycles. The lowest BCUT2D eigenvalue weighted by molar-refractivity contribution is 0.935. The van der Waals surface area contributed by atoms with Crippen LogP contribution in [0.25, 0.3) is 0 Å². The van der Waals surface area contributed by atoms with E-state index in [0.717, 1.165) is 0 Å². The lowest BCUT2D eigenvalue weighted by Crippen LogP contribution is -2.09. The molecule has 0 atom stereocenters. The van der Waals surface area contributed by atoms with E-state index in [4.69, 9.17) is 5.73 Å². The van der Waals surface area contributed by atoms with Crippen LogP contribution >= 0.6 is 27.7 Å². The molecule has 0 aliphatic carbocycles. The van der Waals surface area contributed by atoms with Crippen molar-refractivity contribution in [1.82, 2.24) is 19.9 Å². The Morgan fingerprint density at radius 3 is 2.94 bits per heavy atom. The average Bonchev–Trinajstić information content (AvgIpc) is 2.30. The monoisotopic (exact) mass is 328 g/mol. The van der Waals surface area contributed by atoms with Gasteiger partial charge in [0.25, 0.3) is 5.56 Å². The molecule has 94 valence electrons. The van der Waals surface area contributed by atoms with Gasteiger partial charge in [-0.3, -0.25) is 4.79 Å². The Labute approximate surface area is 115 Å². The lowest BCUT2D eigenvalue weighted by Gasteiger charge is -2.05. The van der Waals surface area contributed by atoms with Crippen LogP contribution in [0.4, 0.5) is 11.8 Å². The number of hydrogen-bond acceptors (Lipinski definition) is 7. The van der Waals surface area contributed by atoms with E-state index >= 15 is 0 Å². The fourth-order valence-electron chi connectivity index (χ4n) is 1.14. The summed E-state index contributed by atoms with van der Waals surface area (Å²) >= 11 is 4.52. The van der Waals surface area contributed by atoms with Crippen LogP contribution in [0.2, 0.25) is 0 Å². The molecule has 2 rings (SSSR count). The summed E-state index contributed by atoms with van der Waals surface area (Å²) < 4.78 is 0.705. The molecule has 0 bridgehead atoms. The summed E-state index contributed by atoms with van der Waals surface area (Å²) in [7, 11) is 1.72. The van der Waals surface area contributed by atoms with Crippen LogP contribution in [0, 0.1) is 0 Å². The molecule has 2 heterocycles. The van der Waals surface area contributed by atoms with E-state index in [1.165, 1.54) is 17.8 Å². The number of rotatable bonds is 3. The van der Waals surface area contributed by atoms with Gasteiger partial charge in [0.1, 0.15) is 10.8 Å². The fourth-order valence-corrected chi connectivity index (χ4v) is 2.34. The van der Waals surface area contributed by atoms with Gasteiger partial charge in [-0.25, -0.2) is 15.0 Å².